The van der Waals surface area contributed by atoms with Crippen LogP contribution in [0.2, 0.25) is 5.02 Å². The SMILES string of the molecule is OB(O)c1nccc(Cl)c1F. The molecule has 6 heteroatoms. The van der Waals surface area contributed by atoms with E-state index >= 15 is 0 Å². The molecule has 1 aromatic rings. The summed E-state index contributed by atoms with van der Waals surface area (Å²) in [4.78, 5) is 3.38. The quantitative estimate of drug-likeness (QED) is 0.569. The smallest absolute Gasteiger partial charge is 0.422 e. The van der Waals surface area contributed by atoms with Crippen molar-refractivity contribution < 1.29 is 14.4 Å². The summed E-state index contributed by atoms with van der Waals surface area (Å²) in [5.74, 6) is -0.899. The van der Waals surface area contributed by atoms with Crippen molar-refractivity contribution in [1.82, 2.24) is 4.98 Å². The van der Waals surface area contributed by atoms with Crippen LogP contribution in [-0.4, -0.2) is 22.2 Å². The van der Waals surface area contributed by atoms with E-state index in [0.717, 1.165) is 0 Å². The lowest BCUT2D eigenvalue weighted by Gasteiger charge is -1.99. The molecule has 0 saturated heterocycles. The minimum Gasteiger partial charge on any atom is -0.422 e. The maximum absolute atomic E-state index is 12.7. The van der Waals surface area contributed by atoms with Crippen molar-refractivity contribution in [2.45, 2.75) is 0 Å². The molecule has 0 aliphatic rings. The number of aromatic nitrogens is 1. The van der Waals surface area contributed by atoms with Gasteiger partial charge in [0.25, 0.3) is 0 Å². The molecule has 58 valence electrons. The van der Waals surface area contributed by atoms with Crippen molar-refractivity contribution in [3.05, 3.63) is 23.1 Å². The largest absolute Gasteiger partial charge is 0.511 e. The molecule has 0 amide bonds. The maximum Gasteiger partial charge on any atom is 0.511 e. The highest BCUT2D eigenvalue weighted by Crippen LogP contribution is 2.09. The first-order valence-corrected chi connectivity index (χ1v) is 3.16. The molecular formula is C5H4BClFNO2. The van der Waals surface area contributed by atoms with E-state index in [1.165, 1.54) is 12.3 Å². The first-order chi connectivity index (χ1) is 5.13. The Balaban J connectivity index is 3.17. The lowest BCUT2D eigenvalue weighted by Crippen LogP contribution is -2.35. The molecule has 0 atom stereocenters. The van der Waals surface area contributed by atoms with E-state index in [-0.39, 0.29) is 5.02 Å². The molecule has 0 aromatic carbocycles. The van der Waals surface area contributed by atoms with Crippen LogP contribution in [0.3, 0.4) is 0 Å². The van der Waals surface area contributed by atoms with Crippen molar-refractivity contribution in [2.75, 3.05) is 0 Å². The van der Waals surface area contributed by atoms with Crippen molar-refractivity contribution in [3.8, 4) is 0 Å². The normalized spacial score (nSPS) is 9.82. The zero-order chi connectivity index (χ0) is 8.43. The highest BCUT2D eigenvalue weighted by atomic mass is 35.5. The maximum atomic E-state index is 12.7. The third-order valence-electron chi connectivity index (χ3n) is 1.11. The minimum absolute atomic E-state index is 0.178. The Morgan fingerprint density at radius 3 is 2.64 bits per heavy atom. The average Bonchev–Trinajstić information content (AvgIpc) is 1.94. The first kappa shape index (κ1) is 8.45. The summed E-state index contributed by atoms with van der Waals surface area (Å²) in [6.07, 6.45) is 1.19. The summed E-state index contributed by atoms with van der Waals surface area (Å²) >= 11 is 5.32. The van der Waals surface area contributed by atoms with Gasteiger partial charge in [0.1, 0.15) is 5.59 Å². The van der Waals surface area contributed by atoms with Gasteiger partial charge in [-0.05, 0) is 6.07 Å². The lowest BCUT2D eigenvalue weighted by molar-refractivity contribution is 0.421. The summed E-state index contributed by atoms with van der Waals surface area (Å²) < 4.78 is 12.7. The van der Waals surface area contributed by atoms with E-state index < -0.39 is 18.5 Å². The van der Waals surface area contributed by atoms with Crippen LogP contribution >= 0.6 is 11.6 Å². The van der Waals surface area contributed by atoms with E-state index in [0.29, 0.717) is 0 Å². The summed E-state index contributed by atoms with van der Waals surface area (Å²) in [6, 6.07) is 1.22. The number of hydrogen-bond acceptors (Lipinski definition) is 3. The summed E-state index contributed by atoms with van der Waals surface area (Å²) in [7, 11) is -1.92. The second-order valence-electron chi connectivity index (χ2n) is 1.87. The van der Waals surface area contributed by atoms with Crippen molar-refractivity contribution in [2.24, 2.45) is 0 Å². The fourth-order valence-electron chi connectivity index (χ4n) is 0.615. The summed E-state index contributed by atoms with van der Waals surface area (Å²) in [6.45, 7) is 0. The molecule has 1 heterocycles. The Hall–Kier alpha value is -0.645. The van der Waals surface area contributed by atoms with Gasteiger partial charge in [0.15, 0.2) is 5.82 Å². The van der Waals surface area contributed by atoms with Crippen LogP contribution in [0.25, 0.3) is 0 Å². The van der Waals surface area contributed by atoms with Crippen molar-refractivity contribution in [3.63, 3.8) is 0 Å². The van der Waals surface area contributed by atoms with Gasteiger partial charge in [-0.1, -0.05) is 11.6 Å². The monoisotopic (exact) mass is 175 g/mol. The van der Waals surface area contributed by atoms with Crippen LogP contribution in [0.15, 0.2) is 12.3 Å². The molecule has 0 unspecified atom stereocenters. The zero-order valence-corrected chi connectivity index (χ0v) is 6.09. The predicted octanol–water partition coefficient (Wildman–Crippen LogP) is -0.446. The minimum atomic E-state index is -1.92. The molecule has 0 aliphatic carbocycles. The summed E-state index contributed by atoms with van der Waals surface area (Å²) in [5, 5.41) is 16.9. The fourth-order valence-corrected chi connectivity index (χ4v) is 0.768. The Bertz CT molecular complexity index is 271. The Morgan fingerprint density at radius 1 is 1.55 bits per heavy atom. The molecule has 3 nitrogen and oxygen atoms in total. The predicted molar refractivity (Wildman–Crippen MR) is 39.0 cm³/mol. The third-order valence-corrected chi connectivity index (χ3v) is 1.41. The number of halogens is 2. The number of nitrogens with zero attached hydrogens (tertiary/aromatic N) is 1. The van der Waals surface area contributed by atoms with Crippen LogP contribution in [0.5, 0.6) is 0 Å². The van der Waals surface area contributed by atoms with Gasteiger partial charge in [-0.25, -0.2) is 4.39 Å². The molecule has 0 saturated carbocycles. The van der Waals surface area contributed by atoms with Gasteiger partial charge < -0.3 is 10.0 Å². The lowest BCUT2D eigenvalue weighted by atomic mass is 9.85. The molecule has 11 heavy (non-hydrogen) atoms. The molecule has 2 N–H and O–H groups in total. The Labute approximate surface area is 67.6 Å². The molecule has 0 spiro atoms. The van der Waals surface area contributed by atoms with Crippen LogP contribution in [0.4, 0.5) is 4.39 Å². The van der Waals surface area contributed by atoms with Gasteiger partial charge in [0.05, 0.1) is 5.02 Å². The number of rotatable bonds is 1. The molecule has 0 fully saturated rings. The van der Waals surface area contributed by atoms with Gasteiger partial charge in [-0.3, -0.25) is 4.98 Å². The molecule has 1 rings (SSSR count). The van der Waals surface area contributed by atoms with Crippen LogP contribution < -0.4 is 5.59 Å². The van der Waals surface area contributed by atoms with E-state index in [4.69, 9.17) is 21.6 Å². The number of hydrogen-bond donors (Lipinski definition) is 2. The molecule has 1 aromatic heterocycles. The highest BCUT2D eigenvalue weighted by Gasteiger charge is 2.19. The van der Waals surface area contributed by atoms with E-state index in [1.807, 2.05) is 0 Å². The van der Waals surface area contributed by atoms with E-state index in [1.54, 1.807) is 0 Å². The standard InChI is InChI=1S/C5H4BClFNO2/c7-3-1-2-9-5(4(3)8)6(10)11/h1-2,10-11H. The topological polar surface area (TPSA) is 53.4 Å². The third kappa shape index (κ3) is 1.68. The van der Waals surface area contributed by atoms with Crippen LogP contribution in [-0.2, 0) is 0 Å². The number of pyridine rings is 1. The zero-order valence-electron chi connectivity index (χ0n) is 5.33. The van der Waals surface area contributed by atoms with E-state index in [9.17, 15) is 4.39 Å². The molecule has 0 aliphatic heterocycles. The average molecular weight is 175 g/mol. The Morgan fingerprint density at radius 2 is 2.18 bits per heavy atom. The highest BCUT2D eigenvalue weighted by molar-refractivity contribution is 6.58. The van der Waals surface area contributed by atoms with Crippen LogP contribution in [0.1, 0.15) is 0 Å². The first-order valence-electron chi connectivity index (χ1n) is 2.79. The van der Waals surface area contributed by atoms with Gasteiger partial charge in [0, 0.05) is 6.20 Å². The second kappa shape index (κ2) is 3.17. The van der Waals surface area contributed by atoms with Gasteiger partial charge in [-0.15, -0.1) is 0 Å². The molecule has 0 bridgehead atoms. The Kier molecular flexibility index (Phi) is 2.43. The van der Waals surface area contributed by atoms with Gasteiger partial charge in [0.2, 0.25) is 0 Å². The van der Waals surface area contributed by atoms with E-state index in [2.05, 4.69) is 4.98 Å². The van der Waals surface area contributed by atoms with Crippen LogP contribution in [0, 0.1) is 5.82 Å². The summed E-state index contributed by atoms with van der Waals surface area (Å²) in [5.41, 5.74) is -0.461. The van der Waals surface area contributed by atoms with Gasteiger partial charge >= 0.3 is 7.12 Å². The second-order valence-corrected chi connectivity index (χ2v) is 2.27. The molecule has 0 radical (unpaired) electrons. The van der Waals surface area contributed by atoms with Crippen molar-refractivity contribution in [1.29, 1.82) is 0 Å². The molecular weight excluding hydrogens is 171 g/mol. The van der Waals surface area contributed by atoms with Crippen molar-refractivity contribution >= 4 is 24.3 Å². The fraction of sp³-hybridized carbons (Fsp3) is 0. The van der Waals surface area contributed by atoms with Gasteiger partial charge in [-0.2, -0.15) is 0 Å².